The van der Waals surface area contributed by atoms with Crippen LogP contribution in [-0.4, -0.2) is 11.8 Å². The van der Waals surface area contributed by atoms with Crippen LogP contribution < -0.4 is 4.90 Å². The second-order valence-electron chi connectivity index (χ2n) is 4.29. The van der Waals surface area contributed by atoms with Crippen LogP contribution in [-0.2, 0) is 9.59 Å². The largest absolute Gasteiger partial charge is 0.269 e. The van der Waals surface area contributed by atoms with E-state index in [2.05, 4.69) is 0 Å². The van der Waals surface area contributed by atoms with E-state index < -0.39 is 0 Å². The number of imide groups is 1. The predicted molar refractivity (Wildman–Crippen MR) is 66.8 cm³/mol. The van der Waals surface area contributed by atoms with E-state index in [9.17, 15) is 9.59 Å². The zero-order valence-electron chi connectivity index (χ0n) is 10.3. The summed E-state index contributed by atoms with van der Waals surface area (Å²) in [5, 5.41) is 0. The van der Waals surface area contributed by atoms with E-state index >= 15 is 0 Å². The van der Waals surface area contributed by atoms with Crippen molar-refractivity contribution < 1.29 is 9.59 Å². The molecule has 17 heavy (non-hydrogen) atoms. The third-order valence-electron chi connectivity index (χ3n) is 2.97. The van der Waals surface area contributed by atoms with Gasteiger partial charge in [-0.3, -0.25) is 9.59 Å². The molecule has 3 nitrogen and oxygen atoms in total. The quantitative estimate of drug-likeness (QED) is 0.731. The molecule has 0 atom stereocenters. The molecule has 0 aliphatic carbocycles. The number of nitrogens with zero attached hydrogens (tertiary/aromatic N) is 1. The highest BCUT2D eigenvalue weighted by molar-refractivity contribution is 6.30. The minimum Gasteiger partial charge on any atom is -0.269 e. The molecule has 1 aromatic carbocycles. The maximum atomic E-state index is 12.0. The smallest absolute Gasteiger partial charge is 0.261 e. The number of hydrogen-bond donors (Lipinski definition) is 0. The zero-order chi connectivity index (χ0) is 12.6. The van der Waals surface area contributed by atoms with Crippen molar-refractivity contribution in [2.75, 3.05) is 4.90 Å². The fourth-order valence-electron chi connectivity index (χ4n) is 2.06. The van der Waals surface area contributed by atoms with Gasteiger partial charge in [0.15, 0.2) is 0 Å². The van der Waals surface area contributed by atoms with Crippen LogP contribution in [0.5, 0.6) is 0 Å². The van der Waals surface area contributed by atoms with Crippen LogP contribution in [0.25, 0.3) is 0 Å². The molecule has 1 aromatic rings. The second-order valence-corrected chi connectivity index (χ2v) is 4.29. The Kier molecular flexibility index (Phi) is 2.84. The van der Waals surface area contributed by atoms with Gasteiger partial charge in [0, 0.05) is 11.6 Å². The van der Waals surface area contributed by atoms with Crippen LogP contribution in [0.4, 0.5) is 5.69 Å². The fourth-order valence-corrected chi connectivity index (χ4v) is 2.06. The first-order valence-corrected chi connectivity index (χ1v) is 5.71. The summed E-state index contributed by atoms with van der Waals surface area (Å²) in [5.41, 5.74) is 3.33. The molecule has 2 rings (SSSR count). The summed E-state index contributed by atoms with van der Waals surface area (Å²) >= 11 is 0. The normalized spacial score (nSPS) is 15.5. The van der Waals surface area contributed by atoms with E-state index in [1.54, 1.807) is 0 Å². The highest BCUT2D eigenvalue weighted by atomic mass is 16.2. The van der Waals surface area contributed by atoms with Crippen molar-refractivity contribution in [3.63, 3.8) is 0 Å². The Morgan fingerprint density at radius 3 is 2.41 bits per heavy atom. The molecule has 1 heterocycles. The van der Waals surface area contributed by atoms with Crippen molar-refractivity contribution >= 4 is 17.5 Å². The van der Waals surface area contributed by atoms with E-state index in [4.69, 9.17) is 0 Å². The van der Waals surface area contributed by atoms with Crippen molar-refractivity contribution in [1.82, 2.24) is 0 Å². The molecule has 1 aliphatic heterocycles. The van der Waals surface area contributed by atoms with Gasteiger partial charge in [-0.15, -0.1) is 0 Å². The highest BCUT2D eigenvalue weighted by Crippen LogP contribution is 2.27. The number of aryl methyl sites for hydroxylation is 2. The van der Waals surface area contributed by atoms with Gasteiger partial charge in [-0.2, -0.15) is 0 Å². The maximum Gasteiger partial charge on any atom is 0.261 e. The molecule has 3 heteroatoms. The number of hydrogen-bond acceptors (Lipinski definition) is 2. The Morgan fingerprint density at radius 1 is 1.18 bits per heavy atom. The molecule has 0 fully saturated rings. The molecular formula is C14H15NO2. The number of carbonyl (C=O) groups excluding carboxylic acids is 2. The predicted octanol–water partition coefficient (Wildman–Crippen LogP) is 2.51. The Balaban J connectivity index is 2.43. The lowest BCUT2D eigenvalue weighted by atomic mass is 10.1. The molecule has 0 saturated heterocycles. The number of anilines is 1. The van der Waals surface area contributed by atoms with Gasteiger partial charge >= 0.3 is 0 Å². The first-order chi connectivity index (χ1) is 8.04. The lowest BCUT2D eigenvalue weighted by Gasteiger charge is -2.17. The zero-order valence-corrected chi connectivity index (χ0v) is 10.3. The molecule has 0 N–H and O–H groups in total. The van der Waals surface area contributed by atoms with Gasteiger partial charge in [0.25, 0.3) is 11.8 Å². The summed E-state index contributed by atoms with van der Waals surface area (Å²) in [7, 11) is 0. The highest BCUT2D eigenvalue weighted by Gasteiger charge is 2.31. The van der Waals surface area contributed by atoms with Crippen molar-refractivity contribution in [3.05, 3.63) is 41.0 Å². The average molecular weight is 229 g/mol. The van der Waals surface area contributed by atoms with Gasteiger partial charge in [-0.25, -0.2) is 4.90 Å². The van der Waals surface area contributed by atoms with E-state index in [0.717, 1.165) is 11.1 Å². The minimum atomic E-state index is -0.237. The van der Waals surface area contributed by atoms with E-state index in [1.807, 2.05) is 39.0 Å². The molecule has 0 spiro atoms. The SMILES string of the molecule is CCC1=CC(=O)N(c2ccc(C)cc2C)C1=O. The van der Waals surface area contributed by atoms with Gasteiger partial charge in [-0.05, 0) is 31.9 Å². The molecule has 88 valence electrons. The third kappa shape index (κ3) is 1.88. The second kappa shape index (κ2) is 4.17. The molecular weight excluding hydrogens is 214 g/mol. The number of benzene rings is 1. The average Bonchev–Trinajstić information content (AvgIpc) is 2.55. The molecule has 0 aromatic heterocycles. The summed E-state index contributed by atoms with van der Waals surface area (Å²) in [6.45, 7) is 5.77. The summed E-state index contributed by atoms with van der Waals surface area (Å²) in [6, 6.07) is 5.71. The van der Waals surface area contributed by atoms with Gasteiger partial charge in [0.2, 0.25) is 0 Å². The van der Waals surface area contributed by atoms with Crippen molar-refractivity contribution in [3.8, 4) is 0 Å². The number of rotatable bonds is 2. The standard InChI is InChI=1S/C14H15NO2/c1-4-11-8-13(16)15(14(11)17)12-6-5-9(2)7-10(12)3/h5-8H,4H2,1-3H3. The molecule has 0 unspecified atom stereocenters. The van der Waals surface area contributed by atoms with Crippen LogP contribution in [0.15, 0.2) is 29.8 Å². The van der Waals surface area contributed by atoms with Crippen LogP contribution >= 0.6 is 0 Å². The van der Waals surface area contributed by atoms with Gasteiger partial charge < -0.3 is 0 Å². The monoisotopic (exact) mass is 229 g/mol. The van der Waals surface area contributed by atoms with Gasteiger partial charge in [0.05, 0.1) is 5.69 Å². The van der Waals surface area contributed by atoms with Gasteiger partial charge in [0.1, 0.15) is 0 Å². The maximum absolute atomic E-state index is 12.0. The van der Waals surface area contributed by atoms with E-state index in [-0.39, 0.29) is 11.8 Å². The minimum absolute atomic E-state index is 0.190. The topological polar surface area (TPSA) is 37.4 Å². The Morgan fingerprint density at radius 2 is 1.88 bits per heavy atom. The van der Waals surface area contributed by atoms with Crippen LogP contribution in [0.2, 0.25) is 0 Å². The van der Waals surface area contributed by atoms with Crippen LogP contribution in [0, 0.1) is 13.8 Å². The summed E-state index contributed by atoms with van der Waals surface area (Å²) in [4.78, 5) is 25.1. The number of carbonyl (C=O) groups is 2. The molecule has 0 radical (unpaired) electrons. The third-order valence-corrected chi connectivity index (χ3v) is 2.97. The van der Waals surface area contributed by atoms with Crippen LogP contribution in [0.3, 0.4) is 0 Å². The molecule has 1 aliphatic rings. The van der Waals surface area contributed by atoms with E-state index in [1.165, 1.54) is 11.0 Å². The Hall–Kier alpha value is -1.90. The van der Waals surface area contributed by atoms with Crippen molar-refractivity contribution in [2.24, 2.45) is 0 Å². The van der Waals surface area contributed by atoms with Crippen molar-refractivity contribution in [2.45, 2.75) is 27.2 Å². The Bertz CT molecular complexity index is 529. The first kappa shape index (κ1) is 11.6. The van der Waals surface area contributed by atoms with Crippen molar-refractivity contribution in [1.29, 1.82) is 0 Å². The summed E-state index contributed by atoms with van der Waals surface area (Å²) in [5.74, 6) is -0.428. The lowest BCUT2D eigenvalue weighted by molar-refractivity contribution is -0.120. The lowest BCUT2D eigenvalue weighted by Crippen LogP contribution is -2.31. The van der Waals surface area contributed by atoms with Crippen LogP contribution in [0.1, 0.15) is 24.5 Å². The molecule has 0 bridgehead atoms. The fraction of sp³-hybridized carbons (Fsp3) is 0.286. The number of amides is 2. The first-order valence-electron chi connectivity index (χ1n) is 5.71. The molecule has 2 amide bonds. The summed E-state index contributed by atoms with van der Waals surface area (Å²) < 4.78 is 0. The summed E-state index contributed by atoms with van der Waals surface area (Å²) in [6.07, 6.45) is 2.02. The van der Waals surface area contributed by atoms with E-state index in [0.29, 0.717) is 17.7 Å². The van der Waals surface area contributed by atoms with Gasteiger partial charge in [-0.1, -0.05) is 24.6 Å². The molecule has 0 saturated carbocycles. The Labute approximate surface area is 101 Å².